The predicted octanol–water partition coefficient (Wildman–Crippen LogP) is 1.90. The molecule has 0 aliphatic rings. The molecular weight excluding hydrogens is 205 g/mol. The summed E-state index contributed by atoms with van der Waals surface area (Å²) in [5, 5.41) is 5.45. The first kappa shape index (κ1) is 11.1. The lowest BCUT2D eigenvalue weighted by Crippen LogP contribution is -2.18. The van der Waals surface area contributed by atoms with Gasteiger partial charge in [0.1, 0.15) is 6.17 Å². The SMILES string of the molecule is CCn1nc(CC(F)CN)c2ccccc21. The zero-order chi connectivity index (χ0) is 11.5. The van der Waals surface area contributed by atoms with Gasteiger partial charge in [-0.05, 0) is 13.0 Å². The second kappa shape index (κ2) is 4.61. The molecule has 1 aromatic heterocycles. The number of hydrogen-bond acceptors (Lipinski definition) is 2. The van der Waals surface area contributed by atoms with Crippen molar-refractivity contribution in [3.63, 3.8) is 0 Å². The van der Waals surface area contributed by atoms with Crippen molar-refractivity contribution in [2.45, 2.75) is 26.1 Å². The second-order valence-corrected chi connectivity index (χ2v) is 3.82. The number of rotatable bonds is 4. The predicted molar refractivity (Wildman–Crippen MR) is 63.1 cm³/mol. The van der Waals surface area contributed by atoms with Crippen molar-refractivity contribution < 1.29 is 4.39 Å². The standard InChI is InChI=1S/C12H16FN3/c1-2-16-12-6-4-3-5-10(12)11(15-16)7-9(13)8-14/h3-6,9H,2,7-8,14H2,1H3. The molecule has 2 rings (SSSR count). The Balaban J connectivity index is 2.45. The van der Waals surface area contributed by atoms with Gasteiger partial charge in [-0.3, -0.25) is 4.68 Å². The molecule has 0 spiro atoms. The van der Waals surface area contributed by atoms with E-state index in [4.69, 9.17) is 5.73 Å². The van der Waals surface area contributed by atoms with Crippen LogP contribution in [-0.4, -0.2) is 22.5 Å². The highest BCUT2D eigenvalue weighted by Gasteiger charge is 2.13. The summed E-state index contributed by atoms with van der Waals surface area (Å²) < 4.78 is 15.2. The molecule has 0 aliphatic heterocycles. The molecule has 0 amide bonds. The Labute approximate surface area is 94.1 Å². The van der Waals surface area contributed by atoms with Crippen LogP contribution in [0.25, 0.3) is 10.9 Å². The molecule has 16 heavy (non-hydrogen) atoms. The molecule has 0 bridgehead atoms. The first-order valence-electron chi connectivity index (χ1n) is 5.54. The Hall–Kier alpha value is -1.42. The van der Waals surface area contributed by atoms with Crippen molar-refractivity contribution in [3.05, 3.63) is 30.0 Å². The van der Waals surface area contributed by atoms with Crippen LogP contribution in [0.15, 0.2) is 24.3 Å². The number of hydrogen-bond donors (Lipinski definition) is 1. The summed E-state index contributed by atoms with van der Waals surface area (Å²) >= 11 is 0. The molecule has 0 aliphatic carbocycles. The third kappa shape index (κ3) is 1.93. The molecule has 0 saturated carbocycles. The van der Waals surface area contributed by atoms with Crippen LogP contribution < -0.4 is 5.73 Å². The molecule has 3 nitrogen and oxygen atoms in total. The van der Waals surface area contributed by atoms with E-state index >= 15 is 0 Å². The Bertz CT molecular complexity index is 478. The van der Waals surface area contributed by atoms with Crippen LogP contribution in [0.3, 0.4) is 0 Å². The molecule has 1 heterocycles. The van der Waals surface area contributed by atoms with Crippen LogP contribution in [0.2, 0.25) is 0 Å². The zero-order valence-electron chi connectivity index (χ0n) is 9.36. The van der Waals surface area contributed by atoms with Gasteiger partial charge in [-0.15, -0.1) is 0 Å². The van der Waals surface area contributed by atoms with Gasteiger partial charge in [-0.1, -0.05) is 18.2 Å². The first-order valence-corrected chi connectivity index (χ1v) is 5.54. The van der Waals surface area contributed by atoms with Crippen molar-refractivity contribution in [1.29, 1.82) is 0 Å². The highest BCUT2D eigenvalue weighted by atomic mass is 19.1. The third-order valence-electron chi connectivity index (χ3n) is 2.70. The van der Waals surface area contributed by atoms with Crippen molar-refractivity contribution in [3.8, 4) is 0 Å². The number of benzene rings is 1. The smallest absolute Gasteiger partial charge is 0.118 e. The molecule has 4 heteroatoms. The van der Waals surface area contributed by atoms with E-state index in [1.54, 1.807) is 0 Å². The van der Waals surface area contributed by atoms with Crippen molar-refractivity contribution in [2.75, 3.05) is 6.54 Å². The summed E-state index contributed by atoms with van der Waals surface area (Å²) in [6.07, 6.45) is -0.715. The van der Waals surface area contributed by atoms with E-state index in [1.165, 1.54) is 0 Å². The molecule has 0 fully saturated rings. The summed E-state index contributed by atoms with van der Waals surface area (Å²) in [6.45, 7) is 2.87. The topological polar surface area (TPSA) is 43.8 Å². The largest absolute Gasteiger partial charge is 0.328 e. The lowest BCUT2D eigenvalue weighted by Gasteiger charge is -2.01. The van der Waals surface area contributed by atoms with Crippen molar-refractivity contribution in [2.24, 2.45) is 5.73 Å². The van der Waals surface area contributed by atoms with Crippen LogP contribution in [0.4, 0.5) is 4.39 Å². The van der Waals surface area contributed by atoms with E-state index in [-0.39, 0.29) is 6.54 Å². The van der Waals surface area contributed by atoms with E-state index in [0.29, 0.717) is 6.42 Å². The highest BCUT2D eigenvalue weighted by Crippen LogP contribution is 2.19. The van der Waals surface area contributed by atoms with Gasteiger partial charge in [-0.2, -0.15) is 5.10 Å². The maximum Gasteiger partial charge on any atom is 0.118 e. The normalized spacial score (nSPS) is 13.2. The van der Waals surface area contributed by atoms with Gasteiger partial charge in [-0.25, -0.2) is 4.39 Å². The van der Waals surface area contributed by atoms with Gasteiger partial charge in [0, 0.05) is 24.9 Å². The van der Waals surface area contributed by atoms with Gasteiger partial charge >= 0.3 is 0 Å². The summed E-state index contributed by atoms with van der Waals surface area (Å²) in [4.78, 5) is 0. The third-order valence-corrected chi connectivity index (χ3v) is 2.70. The fourth-order valence-corrected chi connectivity index (χ4v) is 1.88. The molecule has 1 unspecified atom stereocenters. The summed E-state index contributed by atoms with van der Waals surface area (Å²) in [5.74, 6) is 0. The Morgan fingerprint density at radius 2 is 2.19 bits per heavy atom. The second-order valence-electron chi connectivity index (χ2n) is 3.82. The van der Waals surface area contributed by atoms with E-state index < -0.39 is 6.17 Å². The maximum absolute atomic E-state index is 13.3. The molecule has 1 atom stereocenters. The number of nitrogens with two attached hydrogens (primary N) is 1. The number of nitrogens with zero attached hydrogens (tertiary/aromatic N) is 2. The summed E-state index contributed by atoms with van der Waals surface area (Å²) in [5.41, 5.74) is 7.15. The van der Waals surface area contributed by atoms with Crippen molar-refractivity contribution in [1.82, 2.24) is 9.78 Å². The van der Waals surface area contributed by atoms with Crippen LogP contribution in [0, 0.1) is 0 Å². The number of alkyl halides is 1. The van der Waals surface area contributed by atoms with E-state index in [0.717, 1.165) is 23.1 Å². The molecule has 0 saturated heterocycles. The average Bonchev–Trinajstić information content (AvgIpc) is 2.68. The average molecular weight is 221 g/mol. The molecular formula is C12H16FN3. The van der Waals surface area contributed by atoms with Gasteiger partial charge in [0.25, 0.3) is 0 Å². The molecule has 86 valence electrons. The number of halogens is 1. The van der Waals surface area contributed by atoms with Gasteiger partial charge in [0.15, 0.2) is 0 Å². The van der Waals surface area contributed by atoms with Crippen LogP contribution >= 0.6 is 0 Å². The van der Waals surface area contributed by atoms with Crippen LogP contribution in [0.1, 0.15) is 12.6 Å². The molecule has 0 radical (unpaired) electrons. The van der Waals surface area contributed by atoms with Crippen molar-refractivity contribution >= 4 is 10.9 Å². The number of para-hydroxylation sites is 1. The van der Waals surface area contributed by atoms with Gasteiger partial charge in [0.05, 0.1) is 11.2 Å². The molecule has 1 aromatic carbocycles. The minimum atomic E-state index is -1.01. The van der Waals surface area contributed by atoms with E-state index in [9.17, 15) is 4.39 Å². The van der Waals surface area contributed by atoms with E-state index in [2.05, 4.69) is 5.10 Å². The minimum Gasteiger partial charge on any atom is -0.328 e. The summed E-state index contributed by atoms with van der Waals surface area (Å²) in [7, 11) is 0. The first-order chi connectivity index (χ1) is 7.76. The highest BCUT2D eigenvalue weighted by molar-refractivity contribution is 5.81. The Morgan fingerprint density at radius 3 is 2.88 bits per heavy atom. The lowest BCUT2D eigenvalue weighted by atomic mass is 10.1. The quantitative estimate of drug-likeness (QED) is 0.856. The number of aryl methyl sites for hydroxylation is 1. The maximum atomic E-state index is 13.3. The monoisotopic (exact) mass is 221 g/mol. The molecule has 2 N–H and O–H groups in total. The Kier molecular flexibility index (Phi) is 3.19. The minimum absolute atomic E-state index is 0.0489. The van der Waals surface area contributed by atoms with E-state index in [1.807, 2.05) is 35.9 Å². The fourth-order valence-electron chi connectivity index (χ4n) is 1.88. The fraction of sp³-hybridized carbons (Fsp3) is 0.417. The van der Waals surface area contributed by atoms with Gasteiger partial charge in [0.2, 0.25) is 0 Å². The van der Waals surface area contributed by atoms with Gasteiger partial charge < -0.3 is 5.73 Å². The number of aromatic nitrogens is 2. The zero-order valence-corrected chi connectivity index (χ0v) is 9.36. The van der Waals surface area contributed by atoms with Crippen LogP contribution in [-0.2, 0) is 13.0 Å². The number of fused-ring (bicyclic) bond motifs is 1. The summed E-state index contributed by atoms with van der Waals surface area (Å²) in [6, 6.07) is 7.90. The van der Waals surface area contributed by atoms with Crippen LogP contribution in [0.5, 0.6) is 0 Å². The Morgan fingerprint density at radius 1 is 1.44 bits per heavy atom. The molecule has 2 aromatic rings. The lowest BCUT2D eigenvalue weighted by molar-refractivity contribution is 0.337.